The number of sulfonamides is 1. The molecule has 0 aliphatic heterocycles. The summed E-state index contributed by atoms with van der Waals surface area (Å²) in [4.78, 5) is 15.4. The van der Waals surface area contributed by atoms with Gasteiger partial charge < -0.3 is 9.72 Å². The molecule has 2 N–H and O–H groups in total. The molecule has 6 nitrogen and oxygen atoms in total. The summed E-state index contributed by atoms with van der Waals surface area (Å²) in [6.07, 6.45) is 1.94. The van der Waals surface area contributed by atoms with Gasteiger partial charge in [0.1, 0.15) is 6.04 Å². The van der Waals surface area contributed by atoms with E-state index in [0.29, 0.717) is 4.47 Å². The van der Waals surface area contributed by atoms with Gasteiger partial charge in [-0.2, -0.15) is 4.72 Å². The molecule has 1 aromatic heterocycles. The van der Waals surface area contributed by atoms with E-state index in [1.54, 1.807) is 24.4 Å². The number of aromatic nitrogens is 1. The van der Waals surface area contributed by atoms with Crippen LogP contribution in [0.4, 0.5) is 0 Å². The number of aromatic amines is 1. The number of H-pyrrole nitrogens is 1. The molecule has 3 aromatic rings. The summed E-state index contributed by atoms with van der Waals surface area (Å²) in [6, 6.07) is 13.0. The number of para-hydroxylation sites is 1. The predicted molar refractivity (Wildman–Crippen MR) is 102 cm³/mol. The smallest absolute Gasteiger partial charge is 0.324 e. The molecular weight excluding hydrogens is 420 g/mol. The van der Waals surface area contributed by atoms with E-state index in [9.17, 15) is 13.2 Å². The second-order valence-electron chi connectivity index (χ2n) is 5.69. The molecule has 3 rings (SSSR count). The van der Waals surface area contributed by atoms with Crippen LogP contribution in [0.5, 0.6) is 0 Å². The Morgan fingerprint density at radius 2 is 1.88 bits per heavy atom. The highest BCUT2D eigenvalue weighted by Crippen LogP contribution is 2.23. The van der Waals surface area contributed by atoms with Gasteiger partial charge in [0.25, 0.3) is 0 Å². The third kappa shape index (κ3) is 3.82. The number of benzene rings is 2. The first-order valence-electron chi connectivity index (χ1n) is 7.82. The minimum atomic E-state index is -3.91. The number of esters is 1. The fourth-order valence-electron chi connectivity index (χ4n) is 2.75. The molecule has 1 atom stereocenters. The summed E-state index contributed by atoms with van der Waals surface area (Å²) in [6.45, 7) is 0. The van der Waals surface area contributed by atoms with Crippen molar-refractivity contribution in [1.82, 2.24) is 9.71 Å². The average Bonchev–Trinajstić information content (AvgIpc) is 3.03. The van der Waals surface area contributed by atoms with Crippen molar-refractivity contribution in [3.05, 3.63) is 64.8 Å². The van der Waals surface area contributed by atoms with Crippen LogP contribution in [0.3, 0.4) is 0 Å². The van der Waals surface area contributed by atoms with E-state index in [1.807, 2.05) is 24.3 Å². The topological polar surface area (TPSA) is 88.3 Å². The number of carbonyl (C=O) groups is 1. The van der Waals surface area contributed by atoms with Crippen molar-refractivity contribution in [3.8, 4) is 0 Å². The molecule has 2 aromatic carbocycles. The molecule has 1 heterocycles. The van der Waals surface area contributed by atoms with Gasteiger partial charge in [0.2, 0.25) is 10.0 Å². The molecule has 26 heavy (non-hydrogen) atoms. The Balaban J connectivity index is 1.92. The highest BCUT2D eigenvalue weighted by molar-refractivity contribution is 9.10. The van der Waals surface area contributed by atoms with E-state index in [1.165, 1.54) is 13.2 Å². The number of ether oxygens (including phenoxy) is 1. The summed E-state index contributed by atoms with van der Waals surface area (Å²) < 4.78 is 33.1. The molecule has 0 saturated heterocycles. The standard InChI is InChI=1S/C18H17BrN2O4S/c1-25-18(22)16(10-12-11-20-15-8-4-2-6-13(12)15)21-26(23,24)17-9-5-3-7-14(17)19/h2-9,11,16,20-21H,10H2,1H3/t16-/m1/s1. The number of carbonyl (C=O) groups excluding carboxylic acids is 1. The minimum absolute atomic E-state index is 0.0628. The molecule has 0 aliphatic carbocycles. The van der Waals surface area contributed by atoms with Crippen LogP contribution in [0.15, 0.2) is 64.1 Å². The summed E-state index contributed by atoms with van der Waals surface area (Å²) in [5.74, 6) is -0.647. The van der Waals surface area contributed by atoms with Crippen LogP contribution in [-0.2, 0) is 26.0 Å². The summed E-state index contributed by atoms with van der Waals surface area (Å²) in [5, 5.41) is 0.932. The first kappa shape index (κ1) is 18.6. The van der Waals surface area contributed by atoms with E-state index in [-0.39, 0.29) is 11.3 Å². The molecule has 0 bridgehead atoms. The van der Waals surface area contributed by atoms with Gasteiger partial charge in [-0.05, 0) is 39.7 Å². The van der Waals surface area contributed by atoms with Gasteiger partial charge in [-0.15, -0.1) is 0 Å². The van der Waals surface area contributed by atoms with Crippen molar-refractivity contribution in [2.75, 3.05) is 7.11 Å². The summed E-state index contributed by atoms with van der Waals surface area (Å²) >= 11 is 3.23. The highest BCUT2D eigenvalue weighted by Gasteiger charge is 2.28. The zero-order valence-corrected chi connectivity index (χ0v) is 16.3. The zero-order valence-electron chi connectivity index (χ0n) is 13.9. The molecule has 0 fully saturated rings. The predicted octanol–water partition coefficient (Wildman–Crippen LogP) is 2.99. The van der Waals surface area contributed by atoms with Gasteiger partial charge in [-0.25, -0.2) is 8.42 Å². The second kappa shape index (κ2) is 7.61. The van der Waals surface area contributed by atoms with Crippen molar-refractivity contribution < 1.29 is 17.9 Å². The van der Waals surface area contributed by atoms with Gasteiger partial charge in [0.15, 0.2) is 0 Å². The van der Waals surface area contributed by atoms with Crippen LogP contribution < -0.4 is 4.72 Å². The molecule has 0 saturated carbocycles. The van der Waals surface area contributed by atoms with Crippen LogP contribution in [0.1, 0.15) is 5.56 Å². The van der Waals surface area contributed by atoms with E-state index < -0.39 is 22.0 Å². The maximum atomic E-state index is 12.7. The van der Waals surface area contributed by atoms with Crippen molar-refractivity contribution in [1.29, 1.82) is 0 Å². The Bertz CT molecular complexity index is 1050. The van der Waals surface area contributed by atoms with E-state index in [2.05, 4.69) is 25.6 Å². The van der Waals surface area contributed by atoms with Gasteiger partial charge in [-0.1, -0.05) is 30.3 Å². The largest absolute Gasteiger partial charge is 0.468 e. The zero-order chi connectivity index (χ0) is 18.7. The van der Waals surface area contributed by atoms with Crippen molar-refractivity contribution >= 4 is 42.8 Å². The number of halogens is 1. The van der Waals surface area contributed by atoms with E-state index >= 15 is 0 Å². The lowest BCUT2D eigenvalue weighted by molar-refractivity contribution is -0.142. The van der Waals surface area contributed by atoms with E-state index in [4.69, 9.17) is 4.74 Å². The molecule has 0 unspecified atom stereocenters. The first-order valence-corrected chi connectivity index (χ1v) is 10.1. The van der Waals surface area contributed by atoms with Gasteiger partial charge in [0, 0.05) is 28.0 Å². The maximum Gasteiger partial charge on any atom is 0.324 e. The summed E-state index contributed by atoms with van der Waals surface area (Å²) in [5.41, 5.74) is 1.74. The Morgan fingerprint density at radius 3 is 2.62 bits per heavy atom. The van der Waals surface area contributed by atoms with E-state index in [0.717, 1.165) is 16.5 Å². The molecule has 0 aliphatic rings. The Kier molecular flexibility index (Phi) is 5.45. The Morgan fingerprint density at radius 1 is 1.19 bits per heavy atom. The number of fused-ring (bicyclic) bond motifs is 1. The molecule has 136 valence electrons. The highest BCUT2D eigenvalue weighted by atomic mass is 79.9. The quantitative estimate of drug-likeness (QED) is 0.581. The third-order valence-corrected chi connectivity index (χ3v) is 6.49. The fraction of sp³-hybridized carbons (Fsp3) is 0.167. The number of hydrogen-bond donors (Lipinski definition) is 2. The number of hydrogen-bond acceptors (Lipinski definition) is 4. The monoisotopic (exact) mass is 436 g/mol. The number of methoxy groups -OCH3 is 1. The maximum absolute atomic E-state index is 12.7. The second-order valence-corrected chi connectivity index (χ2v) is 8.23. The van der Waals surface area contributed by atoms with Gasteiger partial charge >= 0.3 is 5.97 Å². The van der Waals surface area contributed by atoms with Crippen LogP contribution >= 0.6 is 15.9 Å². The van der Waals surface area contributed by atoms with Crippen molar-refractivity contribution in [2.24, 2.45) is 0 Å². The molecule has 0 radical (unpaired) electrons. The normalized spacial score (nSPS) is 12.8. The number of rotatable bonds is 6. The van der Waals surface area contributed by atoms with Crippen LogP contribution in [0, 0.1) is 0 Å². The lowest BCUT2D eigenvalue weighted by atomic mass is 10.1. The van der Waals surface area contributed by atoms with Gasteiger partial charge in [0.05, 0.1) is 12.0 Å². The number of nitrogens with one attached hydrogen (secondary N) is 2. The van der Waals surface area contributed by atoms with Crippen molar-refractivity contribution in [2.45, 2.75) is 17.4 Å². The molecule has 0 spiro atoms. The molecular formula is C18H17BrN2O4S. The SMILES string of the molecule is COC(=O)[C@@H](Cc1c[nH]c2ccccc12)NS(=O)(=O)c1ccccc1Br. The van der Waals surface area contributed by atoms with Crippen LogP contribution in [0.2, 0.25) is 0 Å². The fourth-order valence-corrected chi connectivity index (χ4v) is 4.94. The molecule has 0 amide bonds. The lowest BCUT2D eigenvalue weighted by Crippen LogP contribution is -2.43. The summed E-state index contributed by atoms with van der Waals surface area (Å²) in [7, 11) is -2.68. The van der Waals surface area contributed by atoms with Crippen LogP contribution in [0.25, 0.3) is 10.9 Å². The van der Waals surface area contributed by atoms with Gasteiger partial charge in [-0.3, -0.25) is 4.79 Å². The van der Waals surface area contributed by atoms with Crippen LogP contribution in [-0.4, -0.2) is 32.5 Å². The Labute approximate surface area is 159 Å². The average molecular weight is 437 g/mol. The first-order chi connectivity index (χ1) is 12.4. The third-order valence-electron chi connectivity index (χ3n) is 4.01. The minimum Gasteiger partial charge on any atom is -0.468 e. The lowest BCUT2D eigenvalue weighted by Gasteiger charge is -2.17. The molecule has 8 heteroatoms. The Hall–Kier alpha value is -2.16. The van der Waals surface area contributed by atoms with Crippen molar-refractivity contribution in [3.63, 3.8) is 0 Å².